The molecule has 8 heteroatoms. The molecule has 1 aliphatic rings. The summed E-state index contributed by atoms with van der Waals surface area (Å²) in [5, 5.41) is 7.31. The number of aromatic nitrogens is 3. The molecule has 0 saturated heterocycles. The Balaban J connectivity index is 1.49. The van der Waals surface area contributed by atoms with E-state index in [1.54, 1.807) is 17.8 Å². The fourth-order valence-corrected chi connectivity index (χ4v) is 4.12. The highest BCUT2D eigenvalue weighted by molar-refractivity contribution is 6.42. The monoisotopic (exact) mass is 418 g/mol. The smallest absolute Gasteiger partial charge is 0.273 e. The number of carbonyl (C=O) groups excluding carboxylic acids is 1. The molecule has 28 heavy (non-hydrogen) atoms. The van der Waals surface area contributed by atoms with E-state index in [1.165, 1.54) is 0 Å². The molecule has 1 saturated carbocycles. The van der Waals surface area contributed by atoms with Gasteiger partial charge in [-0.2, -0.15) is 0 Å². The molecule has 2 heterocycles. The average Bonchev–Trinajstić information content (AvgIpc) is 3.38. The number of nitrogens with zero attached hydrogens (tertiary/aromatic N) is 2. The Morgan fingerprint density at radius 3 is 2.79 bits per heavy atom. The summed E-state index contributed by atoms with van der Waals surface area (Å²) in [7, 11) is 1.76. The number of aryl methyl sites for hydroxylation is 3. The second-order valence-electron chi connectivity index (χ2n) is 7.34. The number of benzene rings is 1. The molecule has 6 nitrogen and oxygen atoms in total. The highest BCUT2D eigenvalue weighted by Crippen LogP contribution is 2.48. The van der Waals surface area contributed by atoms with Crippen molar-refractivity contribution in [2.24, 2.45) is 13.0 Å². The summed E-state index contributed by atoms with van der Waals surface area (Å²) >= 11 is 12.0. The van der Waals surface area contributed by atoms with Gasteiger partial charge in [0.1, 0.15) is 0 Å². The van der Waals surface area contributed by atoms with Crippen LogP contribution in [0.4, 0.5) is 0 Å². The lowest BCUT2D eigenvalue weighted by Gasteiger charge is -2.12. The second kappa shape index (κ2) is 6.94. The first-order chi connectivity index (χ1) is 13.3. The number of carbonyl (C=O) groups is 1. The largest absolute Gasteiger partial charge is 0.352 e. The van der Waals surface area contributed by atoms with E-state index < -0.39 is 0 Å². The Morgan fingerprint density at radius 2 is 2.07 bits per heavy atom. The number of amides is 1. The van der Waals surface area contributed by atoms with E-state index >= 15 is 0 Å². The topological polar surface area (TPSA) is 79.8 Å². The zero-order valence-electron chi connectivity index (χ0n) is 15.8. The second-order valence-corrected chi connectivity index (χ2v) is 8.15. The van der Waals surface area contributed by atoms with Gasteiger partial charge in [-0.05, 0) is 55.0 Å². The van der Waals surface area contributed by atoms with Crippen molar-refractivity contribution in [1.82, 2.24) is 20.1 Å². The lowest BCUT2D eigenvalue weighted by atomic mass is 10.0. The summed E-state index contributed by atoms with van der Waals surface area (Å²) in [6, 6.07) is 5.51. The number of hydrogen-bond donors (Lipinski definition) is 2. The first-order valence-corrected chi connectivity index (χ1v) is 9.81. The number of fused-ring (bicyclic) bond motifs is 1. The Hall–Kier alpha value is -2.31. The summed E-state index contributed by atoms with van der Waals surface area (Å²) in [4.78, 5) is 29.3. The van der Waals surface area contributed by atoms with Crippen molar-refractivity contribution in [1.29, 1.82) is 0 Å². The van der Waals surface area contributed by atoms with Gasteiger partial charge in [0.25, 0.3) is 5.56 Å². The van der Waals surface area contributed by atoms with Crippen LogP contribution in [0.2, 0.25) is 10.0 Å². The summed E-state index contributed by atoms with van der Waals surface area (Å²) < 4.78 is 1.62. The van der Waals surface area contributed by atoms with Crippen molar-refractivity contribution in [3.05, 3.63) is 61.0 Å². The lowest BCUT2D eigenvalue weighted by molar-refractivity contribution is -0.122. The lowest BCUT2D eigenvalue weighted by Crippen LogP contribution is -2.26. The van der Waals surface area contributed by atoms with E-state index in [0.717, 1.165) is 28.8 Å². The molecule has 146 valence electrons. The van der Waals surface area contributed by atoms with Crippen molar-refractivity contribution in [3.63, 3.8) is 0 Å². The van der Waals surface area contributed by atoms with E-state index in [-0.39, 0.29) is 23.3 Å². The maximum atomic E-state index is 12.6. The number of hydrogen-bond acceptors (Lipinski definition) is 3. The van der Waals surface area contributed by atoms with E-state index in [2.05, 4.69) is 15.4 Å². The van der Waals surface area contributed by atoms with Gasteiger partial charge in [-0.25, -0.2) is 4.98 Å². The van der Waals surface area contributed by atoms with Gasteiger partial charge in [-0.15, -0.1) is 0 Å². The van der Waals surface area contributed by atoms with Crippen LogP contribution >= 0.6 is 23.2 Å². The van der Waals surface area contributed by atoms with E-state index in [4.69, 9.17) is 23.2 Å². The number of nitrogens with one attached hydrogen (secondary N) is 2. The molecule has 1 amide bonds. The predicted octanol–water partition coefficient (Wildman–Crippen LogP) is 3.61. The van der Waals surface area contributed by atoms with Gasteiger partial charge >= 0.3 is 0 Å². The van der Waals surface area contributed by atoms with Crippen LogP contribution in [-0.2, 0) is 18.4 Å². The van der Waals surface area contributed by atoms with Crippen molar-refractivity contribution >= 4 is 40.1 Å². The van der Waals surface area contributed by atoms with Crippen LogP contribution in [0.3, 0.4) is 0 Å². The molecule has 0 aliphatic heterocycles. The van der Waals surface area contributed by atoms with Crippen molar-refractivity contribution in [2.75, 3.05) is 0 Å². The first kappa shape index (κ1) is 19.0. The fourth-order valence-electron chi connectivity index (χ4n) is 3.81. The number of H-pyrrole nitrogens is 1. The van der Waals surface area contributed by atoms with Crippen LogP contribution in [0, 0.1) is 19.8 Å². The fraction of sp³-hybridized carbons (Fsp3) is 0.350. The SMILES string of the molecule is Cc1nc2c(c(C)c1CNC(=O)[C@@H]1C[C@H]1c1ccc(Cl)c(Cl)c1)c(=O)[nH]n2C. The van der Waals surface area contributed by atoms with Crippen molar-refractivity contribution in [2.45, 2.75) is 32.7 Å². The Labute approximate surface area is 171 Å². The van der Waals surface area contributed by atoms with Gasteiger partial charge in [0, 0.05) is 25.2 Å². The maximum Gasteiger partial charge on any atom is 0.273 e. The molecule has 0 radical (unpaired) electrons. The van der Waals surface area contributed by atoms with Crippen LogP contribution in [-0.4, -0.2) is 20.7 Å². The molecular weight excluding hydrogens is 399 g/mol. The summed E-state index contributed by atoms with van der Waals surface area (Å²) in [6.45, 7) is 4.13. The number of pyridine rings is 1. The number of aromatic amines is 1. The van der Waals surface area contributed by atoms with Gasteiger partial charge in [0.2, 0.25) is 5.91 Å². The van der Waals surface area contributed by atoms with Gasteiger partial charge in [0.15, 0.2) is 5.65 Å². The van der Waals surface area contributed by atoms with Crippen LogP contribution in [0.15, 0.2) is 23.0 Å². The zero-order chi connectivity index (χ0) is 20.2. The molecule has 0 bridgehead atoms. The molecule has 1 aromatic carbocycles. The summed E-state index contributed by atoms with van der Waals surface area (Å²) in [6.07, 6.45) is 0.789. The van der Waals surface area contributed by atoms with Gasteiger partial charge < -0.3 is 5.32 Å². The number of rotatable bonds is 4. The standard InChI is InChI=1S/C20H20Cl2N4O2/c1-9-14(10(2)24-18-17(9)20(28)25-26(18)3)8-23-19(27)13-7-12(13)11-4-5-15(21)16(22)6-11/h4-6,12-13H,7-8H2,1-3H3,(H,23,27)(H,25,28)/t12-,13+/m0/s1. The number of halogens is 2. The normalized spacial score (nSPS) is 18.5. The molecule has 2 atom stereocenters. The van der Waals surface area contributed by atoms with E-state index in [1.807, 2.05) is 26.0 Å². The molecule has 3 aromatic rings. The van der Waals surface area contributed by atoms with Crippen LogP contribution < -0.4 is 10.9 Å². The zero-order valence-corrected chi connectivity index (χ0v) is 17.3. The minimum Gasteiger partial charge on any atom is -0.352 e. The Kier molecular flexibility index (Phi) is 4.71. The third-order valence-electron chi connectivity index (χ3n) is 5.51. The molecule has 2 N–H and O–H groups in total. The molecule has 0 spiro atoms. The Bertz CT molecular complexity index is 1170. The molecule has 2 aromatic heterocycles. The highest BCUT2D eigenvalue weighted by atomic mass is 35.5. The van der Waals surface area contributed by atoms with E-state index in [9.17, 15) is 9.59 Å². The molecule has 1 aliphatic carbocycles. The van der Waals surface area contributed by atoms with Crippen molar-refractivity contribution < 1.29 is 4.79 Å². The molecule has 1 fully saturated rings. The minimum absolute atomic E-state index is 0.00283. The summed E-state index contributed by atoms with van der Waals surface area (Å²) in [5.41, 5.74) is 4.01. The minimum atomic E-state index is -0.169. The predicted molar refractivity (Wildman–Crippen MR) is 110 cm³/mol. The average molecular weight is 419 g/mol. The third kappa shape index (κ3) is 3.20. The maximum absolute atomic E-state index is 12.6. The first-order valence-electron chi connectivity index (χ1n) is 9.05. The van der Waals surface area contributed by atoms with Crippen LogP contribution in [0.5, 0.6) is 0 Å². The van der Waals surface area contributed by atoms with Gasteiger partial charge in [0.05, 0.1) is 15.4 Å². The van der Waals surface area contributed by atoms with Crippen LogP contribution in [0.25, 0.3) is 11.0 Å². The van der Waals surface area contributed by atoms with Gasteiger partial charge in [-0.1, -0.05) is 29.3 Å². The molecular formula is C20H20Cl2N4O2. The molecule has 4 rings (SSSR count). The van der Waals surface area contributed by atoms with E-state index in [0.29, 0.717) is 27.6 Å². The van der Waals surface area contributed by atoms with Crippen LogP contribution in [0.1, 0.15) is 34.7 Å². The van der Waals surface area contributed by atoms with Crippen molar-refractivity contribution in [3.8, 4) is 0 Å². The highest BCUT2D eigenvalue weighted by Gasteiger charge is 2.44. The van der Waals surface area contributed by atoms with Gasteiger partial charge in [-0.3, -0.25) is 19.4 Å². The molecule has 0 unspecified atom stereocenters. The summed E-state index contributed by atoms with van der Waals surface area (Å²) in [5.74, 6) is 0.0844. The third-order valence-corrected chi connectivity index (χ3v) is 6.25. The Morgan fingerprint density at radius 1 is 1.32 bits per heavy atom. The quantitative estimate of drug-likeness (QED) is 0.678.